The van der Waals surface area contributed by atoms with Gasteiger partial charge in [-0.1, -0.05) is 66.2 Å². The van der Waals surface area contributed by atoms with E-state index < -0.39 is 0 Å². The Morgan fingerprint density at radius 3 is 2.52 bits per heavy atom. The Hall–Kier alpha value is -2.37. The van der Waals surface area contributed by atoms with Gasteiger partial charge in [0, 0.05) is 52.9 Å². The number of thiol groups is 1. The fraction of sp³-hybridized carbons (Fsp3) is 0.125. The van der Waals surface area contributed by atoms with Crippen molar-refractivity contribution in [1.82, 2.24) is 10.3 Å². The van der Waals surface area contributed by atoms with E-state index in [-0.39, 0.29) is 0 Å². The maximum atomic E-state index is 6.32. The third-order valence-corrected chi connectivity index (χ3v) is 5.13. The number of pyridine rings is 1. The van der Waals surface area contributed by atoms with E-state index in [1.54, 1.807) is 6.20 Å². The Morgan fingerprint density at radius 1 is 0.966 bits per heavy atom. The summed E-state index contributed by atoms with van der Waals surface area (Å²) < 4.78 is 0. The Labute approximate surface area is 182 Å². The van der Waals surface area contributed by atoms with Gasteiger partial charge in [0.05, 0.1) is 0 Å². The highest BCUT2D eigenvalue weighted by atomic mass is 35.5. The van der Waals surface area contributed by atoms with E-state index >= 15 is 0 Å². The van der Waals surface area contributed by atoms with Crippen LogP contribution in [0.15, 0.2) is 90.1 Å². The zero-order valence-electron chi connectivity index (χ0n) is 16.1. The van der Waals surface area contributed by atoms with Crippen LogP contribution in [0.4, 0.5) is 0 Å². The molecule has 0 unspecified atom stereocenters. The molecular formula is C24H24ClN3S. The molecule has 0 atom stereocenters. The second-order valence-corrected chi connectivity index (χ2v) is 7.41. The summed E-state index contributed by atoms with van der Waals surface area (Å²) in [7, 11) is 0. The minimum Gasteiger partial charge on any atom is -0.329 e. The summed E-state index contributed by atoms with van der Waals surface area (Å²) in [6, 6.07) is 24.3. The third-order valence-electron chi connectivity index (χ3n) is 4.43. The molecule has 0 aliphatic carbocycles. The van der Waals surface area contributed by atoms with Crippen LogP contribution in [-0.4, -0.2) is 18.1 Å². The van der Waals surface area contributed by atoms with Gasteiger partial charge in [-0.25, -0.2) is 0 Å². The number of rotatable bonds is 5. The van der Waals surface area contributed by atoms with Gasteiger partial charge < -0.3 is 11.1 Å². The minimum absolute atomic E-state index is 0.649. The zero-order valence-corrected chi connectivity index (χ0v) is 17.7. The van der Waals surface area contributed by atoms with E-state index in [9.17, 15) is 0 Å². The van der Waals surface area contributed by atoms with Crippen molar-refractivity contribution in [3.05, 3.63) is 95.8 Å². The molecular weight excluding hydrogens is 398 g/mol. The van der Waals surface area contributed by atoms with Crippen LogP contribution >= 0.6 is 24.2 Å². The average molecular weight is 422 g/mol. The highest BCUT2D eigenvalue weighted by Gasteiger charge is 2.04. The lowest BCUT2D eigenvalue weighted by Crippen LogP contribution is -2.21. The van der Waals surface area contributed by atoms with Gasteiger partial charge in [-0.05, 0) is 34.7 Å². The summed E-state index contributed by atoms with van der Waals surface area (Å²) in [5.41, 5.74) is 8.82. The predicted molar refractivity (Wildman–Crippen MR) is 127 cm³/mol. The van der Waals surface area contributed by atoms with Gasteiger partial charge in [0.25, 0.3) is 0 Å². The molecule has 0 saturated heterocycles. The van der Waals surface area contributed by atoms with Gasteiger partial charge in [-0.15, -0.1) is 12.6 Å². The van der Waals surface area contributed by atoms with Gasteiger partial charge in [0.1, 0.15) is 0 Å². The maximum Gasteiger partial charge on any atom is 0.0487 e. The molecule has 0 radical (unpaired) electrons. The fourth-order valence-corrected chi connectivity index (χ4v) is 3.56. The zero-order chi connectivity index (χ0) is 20.5. The summed E-state index contributed by atoms with van der Waals surface area (Å²) in [6.07, 6.45) is 3.62. The molecule has 0 amide bonds. The SMILES string of the molecule is NCCNCc1ccc(-c2ccccc2)c(Cl)c1.Sc1cccc2cnccc12. The van der Waals surface area contributed by atoms with E-state index in [0.717, 1.165) is 44.9 Å². The predicted octanol–water partition coefficient (Wildman–Crippen LogP) is 5.58. The monoisotopic (exact) mass is 421 g/mol. The van der Waals surface area contributed by atoms with Crippen molar-refractivity contribution in [3.8, 4) is 11.1 Å². The summed E-state index contributed by atoms with van der Waals surface area (Å²) in [4.78, 5) is 5.02. The molecule has 4 rings (SSSR count). The first kappa shape index (κ1) is 21.3. The standard InChI is InChI=1S/C15H17ClN2.C9H7NS/c16-15-10-12(11-18-9-8-17)6-7-14(15)13-4-2-1-3-5-13;11-9-3-1-2-7-6-10-5-4-8(7)9/h1-7,10,18H,8-9,11,17H2;1-6,11H. The van der Waals surface area contributed by atoms with Crippen LogP contribution in [-0.2, 0) is 6.54 Å². The number of nitrogens with one attached hydrogen (secondary N) is 1. The summed E-state index contributed by atoms with van der Waals surface area (Å²) >= 11 is 10.6. The number of halogens is 1. The van der Waals surface area contributed by atoms with Crippen molar-refractivity contribution in [2.75, 3.05) is 13.1 Å². The van der Waals surface area contributed by atoms with Crippen LogP contribution in [0, 0.1) is 0 Å². The van der Waals surface area contributed by atoms with Crippen molar-refractivity contribution in [1.29, 1.82) is 0 Å². The highest BCUT2D eigenvalue weighted by molar-refractivity contribution is 7.80. The molecule has 0 fully saturated rings. The average Bonchev–Trinajstić information content (AvgIpc) is 2.76. The number of hydrogen-bond acceptors (Lipinski definition) is 4. The number of nitrogens with zero attached hydrogens (tertiary/aromatic N) is 1. The van der Waals surface area contributed by atoms with Crippen LogP contribution in [0.3, 0.4) is 0 Å². The number of hydrogen-bond donors (Lipinski definition) is 3. The first-order chi connectivity index (χ1) is 14.2. The van der Waals surface area contributed by atoms with E-state index in [1.807, 2.05) is 54.7 Å². The van der Waals surface area contributed by atoms with Crippen molar-refractivity contribution in [2.45, 2.75) is 11.4 Å². The maximum absolute atomic E-state index is 6.32. The molecule has 3 aromatic carbocycles. The topological polar surface area (TPSA) is 50.9 Å². The van der Waals surface area contributed by atoms with E-state index in [0.29, 0.717) is 6.54 Å². The summed E-state index contributed by atoms with van der Waals surface area (Å²) in [5, 5.41) is 6.34. The third kappa shape index (κ3) is 6.05. The van der Waals surface area contributed by atoms with Gasteiger partial charge in [-0.3, -0.25) is 4.98 Å². The lowest BCUT2D eigenvalue weighted by molar-refractivity contribution is 0.695. The molecule has 1 aromatic heterocycles. The molecule has 0 aliphatic heterocycles. The van der Waals surface area contributed by atoms with Crippen LogP contribution in [0.1, 0.15) is 5.56 Å². The van der Waals surface area contributed by atoms with Crippen molar-refractivity contribution in [3.63, 3.8) is 0 Å². The Morgan fingerprint density at radius 2 is 1.79 bits per heavy atom. The minimum atomic E-state index is 0.649. The summed E-state index contributed by atoms with van der Waals surface area (Å²) in [6.45, 7) is 2.26. The molecule has 3 nitrogen and oxygen atoms in total. The number of fused-ring (bicyclic) bond motifs is 1. The van der Waals surface area contributed by atoms with Gasteiger partial charge in [0.15, 0.2) is 0 Å². The second kappa shape index (κ2) is 11.0. The van der Waals surface area contributed by atoms with Crippen LogP contribution in [0.2, 0.25) is 5.02 Å². The Balaban J connectivity index is 0.000000186. The lowest BCUT2D eigenvalue weighted by atomic mass is 10.0. The number of benzene rings is 3. The Kier molecular flexibility index (Phi) is 8.08. The number of aromatic nitrogens is 1. The molecule has 0 spiro atoms. The largest absolute Gasteiger partial charge is 0.329 e. The Bertz CT molecular complexity index is 1050. The van der Waals surface area contributed by atoms with E-state index in [2.05, 4.69) is 47.2 Å². The molecule has 29 heavy (non-hydrogen) atoms. The molecule has 0 bridgehead atoms. The fourth-order valence-electron chi connectivity index (χ4n) is 2.96. The van der Waals surface area contributed by atoms with Crippen molar-refractivity contribution in [2.24, 2.45) is 5.73 Å². The van der Waals surface area contributed by atoms with Gasteiger partial charge in [0.2, 0.25) is 0 Å². The van der Waals surface area contributed by atoms with Gasteiger partial charge in [-0.2, -0.15) is 0 Å². The summed E-state index contributed by atoms with van der Waals surface area (Å²) in [5.74, 6) is 0. The second-order valence-electron chi connectivity index (χ2n) is 6.52. The van der Waals surface area contributed by atoms with Gasteiger partial charge >= 0.3 is 0 Å². The van der Waals surface area contributed by atoms with Crippen molar-refractivity contribution >= 4 is 35.0 Å². The quantitative estimate of drug-likeness (QED) is 0.291. The first-order valence-corrected chi connectivity index (χ1v) is 10.3. The van der Waals surface area contributed by atoms with E-state index in [1.165, 1.54) is 5.56 Å². The van der Waals surface area contributed by atoms with Crippen LogP contribution in [0.5, 0.6) is 0 Å². The number of nitrogens with two attached hydrogens (primary N) is 1. The normalized spacial score (nSPS) is 10.4. The molecule has 148 valence electrons. The highest BCUT2D eigenvalue weighted by Crippen LogP contribution is 2.28. The molecule has 3 N–H and O–H groups in total. The van der Waals surface area contributed by atoms with Crippen molar-refractivity contribution < 1.29 is 0 Å². The van der Waals surface area contributed by atoms with Crippen LogP contribution < -0.4 is 11.1 Å². The van der Waals surface area contributed by atoms with Crippen LogP contribution in [0.25, 0.3) is 21.9 Å². The molecule has 4 aromatic rings. The smallest absolute Gasteiger partial charge is 0.0487 e. The molecule has 0 saturated carbocycles. The first-order valence-electron chi connectivity index (χ1n) is 9.45. The van der Waals surface area contributed by atoms with E-state index in [4.69, 9.17) is 17.3 Å². The molecule has 1 heterocycles. The molecule has 0 aliphatic rings. The lowest BCUT2D eigenvalue weighted by Gasteiger charge is -2.08. The molecule has 5 heteroatoms.